The standard InChI is InChI=1S/C24H20F6N4O3.C19H15F6N3O.C5H7NO3/c25-23(26,27)22(24(28,29)30)37-13-14-5-4-6-15(9-14)18-11-19(32-21(36)16-10-20(35)31-12-16)33-34(18)17-7-2-1-3-8-17;20-18(21,22)17(19(23,24)25)29-11-12-5-4-6-13(9-12)15-10-16(26)27-28(15)14-7-2-1-3-8-14;7-4-1-3(2-6-4)5(8)9/h1-9,11,16,22H,10,12-13H2,(H,31,35)(H,32,33,36);1-10,17H,11H2,(H2,26,27);3H,1-2H2,(H,6,7)(H,8,9)/t16-;;3-/m0.0/s1. The van der Waals surface area contributed by atoms with Gasteiger partial charge in [0.1, 0.15) is 5.82 Å². The lowest BCUT2D eigenvalue weighted by Crippen LogP contribution is -2.44. The highest BCUT2D eigenvalue weighted by atomic mass is 19.4. The molecule has 75 heavy (non-hydrogen) atoms. The molecule has 2 aliphatic heterocycles. The van der Waals surface area contributed by atoms with Crippen LogP contribution >= 0.6 is 0 Å². The van der Waals surface area contributed by atoms with Crippen molar-refractivity contribution in [1.82, 2.24) is 30.2 Å². The molecule has 0 aliphatic carbocycles. The first-order valence-corrected chi connectivity index (χ1v) is 22.0. The highest BCUT2D eigenvalue weighted by Crippen LogP contribution is 2.38. The van der Waals surface area contributed by atoms with E-state index in [2.05, 4.69) is 35.6 Å². The van der Waals surface area contributed by atoms with Gasteiger partial charge in [-0.05, 0) is 47.5 Å². The van der Waals surface area contributed by atoms with Crippen molar-refractivity contribution in [2.75, 3.05) is 24.1 Å². The van der Waals surface area contributed by atoms with E-state index in [-0.39, 0.29) is 60.5 Å². The number of aliphatic carboxylic acids is 1. The number of amides is 3. The molecule has 0 saturated carbocycles. The van der Waals surface area contributed by atoms with E-state index in [1.54, 1.807) is 72.8 Å². The van der Waals surface area contributed by atoms with Gasteiger partial charge in [0.2, 0.25) is 29.9 Å². The molecule has 0 unspecified atom stereocenters. The van der Waals surface area contributed by atoms with E-state index in [1.807, 2.05) is 6.07 Å². The Labute approximate surface area is 416 Å². The molecular weight excluding hydrogens is 1030 g/mol. The summed E-state index contributed by atoms with van der Waals surface area (Å²) in [6, 6.07) is 32.5. The van der Waals surface area contributed by atoms with Gasteiger partial charge in [-0.3, -0.25) is 19.2 Å². The van der Waals surface area contributed by atoms with Crippen LogP contribution in [0.2, 0.25) is 0 Å². The van der Waals surface area contributed by atoms with Crippen molar-refractivity contribution >= 4 is 35.3 Å². The van der Waals surface area contributed by atoms with Gasteiger partial charge in [-0.15, -0.1) is 5.10 Å². The number of nitrogens with one attached hydrogen (secondary N) is 3. The summed E-state index contributed by atoms with van der Waals surface area (Å²) in [5, 5.41) is 24.6. The monoisotopic (exact) mass is 1070 g/mol. The zero-order valence-corrected chi connectivity index (χ0v) is 38.4. The third kappa shape index (κ3) is 15.5. The Bertz CT molecular complexity index is 2900. The maximum atomic E-state index is 12.8. The number of nitrogen functional groups attached to an aromatic ring is 1. The van der Waals surface area contributed by atoms with Gasteiger partial charge in [0.25, 0.3) is 0 Å². The third-order valence-corrected chi connectivity index (χ3v) is 10.8. The normalized spacial score (nSPS) is 15.9. The number of halogens is 12. The van der Waals surface area contributed by atoms with Crippen LogP contribution in [0.1, 0.15) is 24.0 Å². The van der Waals surface area contributed by atoms with Crippen LogP contribution in [0.25, 0.3) is 33.9 Å². The van der Waals surface area contributed by atoms with Gasteiger partial charge >= 0.3 is 30.7 Å². The fourth-order valence-electron chi connectivity index (χ4n) is 7.33. The Morgan fingerprint density at radius 3 is 1.40 bits per heavy atom. The minimum atomic E-state index is -5.62. The molecule has 3 amide bonds. The molecule has 2 aromatic heterocycles. The minimum absolute atomic E-state index is 0.0387. The van der Waals surface area contributed by atoms with E-state index < -0.39 is 73.8 Å². The van der Waals surface area contributed by atoms with Gasteiger partial charge in [0.15, 0.2) is 5.82 Å². The number of hydrogen-bond donors (Lipinski definition) is 5. The van der Waals surface area contributed by atoms with Gasteiger partial charge in [-0.25, -0.2) is 9.36 Å². The molecule has 6 aromatic rings. The van der Waals surface area contributed by atoms with Crippen LogP contribution in [-0.4, -0.2) is 98.4 Å². The number of nitrogens with two attached hydrogens (primary N) is 1. The Hall–Kier alpha value is -7.94. The number of aromatic nitrogens is 4. The summed E-state index contributed by atoms with van der Waals surface area (Å²) in [5.74, 6) is -2.44. The van der Waals surface area contributed by atoms with E-state index >= 15 is 0 Å². The van der Waals surface area contributed by atoms with E-state index in [0.29, 0.717) is 33.9 Å². The zero-order valence-electron chi connectivity index (χ0n) is 38.4. The Balaban J connectivity index is 0.000000213. The zero-order chi connectivity index (χ0) is 54.9. The largest absolute Gasteiger partial charge is 0.481 e. The molecule has 2 saturated heterocycles. The molecule has 0 radical (unpaired) electrons. The van der Waals surface area contributed by atoms with E-state index in [1.165, 1.54) is 51.8 Å². The van der Waals surface area contributed by atoms with E-state index in [4.69, 9.17) is 10.8 Å². The molecule has 400 valence electrons. The van der Waals surface area contributed by atoms with Crippen LogP contribution in [0.3, 0.4) is 0 Å². The summed E-state index contributed by atoms with van der Waals surface area (Å²) in [7, 11) is 0. The summed E-state index contributed by atoms with van der Waals surface area (Å²) in [6.07, 6.45) is -30.0. The lowest BCUT2D eigenvalue weighted by atomic mass is 10.1. The summed E-state index contributed by atoms with van der Waals surface area (Å²) in [6.45, 7) is -1.33. The molecule has 6 N–H and O–H groups in total. The number of ether oxygens (including phenoxy) is 2. The second-order valence-corrected chi connectivity index (χ2v) is 16.6. The molecule has 4 heterocycles. The highest BCUT2D eigenvalue weighted by Gasteiger charge is 2.59. The maximum absolute atomic E-state index is 12.8. The lowest BCUT2D eigenvalue weighted by Gasteiger charge is -2.23. The number of carboxylic acid groups (broad SMARTS) is 1. The maximum Gasteiger partial charge on any atom is 0.423 e. The van der Waals surface area contributed by atoms with Gasteiger partial charge in [-0.1, -0.05) is 72.8 Å². The molecule has 4 aromatic carbocycles. The number of carbonyl (C=O) groups excluding carboxylic acids is 3. The number of alkyl halides is 12. The molecule has 2 fully saturated rings. The molecular formula is C48H42F12N8O7. The number of carboxylic acids is 1. The third-order valence-electron chi connectivity index (χ3n) is 10.8. The van der Waals surface area contributed by atoms with Crippen molar-refractivity contribution in [3.05, 3.63) is 132 Å². The topological polar surface area (TPSA) is 205 Å². The lowest BCUT2D eigenvalue weighted by molar-refractivity contribution is -0.325. The minimum Gasteiger partial charge on any atom is -0.481 e. The summed E-state index contributed by atoms with van der Waals surface area (Å²) >= 11 is 0. The smallest absolute Gasteiger partial charge is 0.423 e. The van der Waals surface area contributed by atoms with Crippen molar-refractivity contribution < 1.29 is 86.4 Å². The van der Waals surface area contributed by atoms with Crippen LogP contribution in [0.4, 0.5) is 64.3 Å². The van der Waals surface area contributed by atoms with Crippen molar-refractivity contribution in [1.29, 1.82) is 0 Å². The molecule has 2 aliphatic rings. The quantitative estimate of drug-likeness (QED) is 0.0695. The van der Waals surface area contributed by atoms with Gasteiger partial charge in [0.05, 0.1) is 47.8 Å². The number of hydrogen-bond acceptors (Lipinski definition) is 9. The fourth-order valence-corrected chi connectivity index (χ4v) is 7.33. The first kappa shape index (κ1) is 56.4. The van der Waals surface area contributed by atoms with E-state index in [0.717, 1.165) is 0 Å². The average molecular weight is 1070 g/mol. The van der Waals surface area contributed by atoms with Crippen molar-refractivity contribution in [2.24, 2.45) is 11.8 Å². The number of rotatable bonds is 13. The van der Waals surface area contributed by atoms with Gasteiger partial charge in [-0.2, -0.15) is 57.8 Å². The number of para-hydroxylation sites is 2. The fraction of sp³-hybridized carbons (Fsp3) is 0.292. The van der Waals surface area contributed by atoms with Crippen molar-refractivity contribution in [2.45, 2.75) is 63.0 Å². The molecule has 27 heteroatoms. The van der Waals surface area contributed by atoms with E-state index in [9.17, 15) is 71.9 Å². The number of anilines is 2. The highest BCUT2D eigenvalue weighted by molar-refractivity contribution is 5.97. The van der Waals surface area contributed by atoms with Crippen LogP contribution in [0.5, 0.6) is 0 Å². The van der Waals surface area contributed by atoms with Crippen LogP contribution in [0.15, 0.2) is 121 Å². The predicted octanol–water partition coefficient (Wildman–Crippen LogP) is 8.96. The average Bonchev–Trinajstić information content (AvgIpc) is 4.16. The second kappa shape index (κ2) is 23.5. The van der Waals surface area contributed by atoms with Crippen molar-refractivity contribution in [3.8, 4) is 33.9 Å². The van der Waals surface area contributed by atoms with Gasteiger partial charge in [0, 0.05) is 49.2 Å². The molecule has 0 spiro atoms. The predicted molar refractivity (Wildman–Crippen MR) is 242 cm³/mol. The summed E-state index contributed by atoms with van der Waals surface area (Å²) < 4.78 is 164. The van der Waals surface area contributed by atoms with Crippen molar-refractivity contribution in [3.63, 3.8) is 0 Å². The number of carbonyl (C=O) groups is 4. The summed E-state index contributed by atoms with van der Waals surface area (Å²) in [4.78, 5) is 44.5. The first-order chi connectivity index (χ1) is 35.2. The molecule has 15 nitrogen and oxygen atoms in total. The van der Waals surface area contributed by atoms with Crippen LogP contribution < -0.4 is 21.7 Å². The van der Waals surface area contributed by atoms with Gasteiger partial charge < -0.3 is 36.3 Å². The molecule has 0 bridgehead atoms. The van der Waals surface area contributed by atoms with Crippen LogP contribution in [-0.2, 0) is 41.9 Å². The second-order valence-electron chi connectivity index (χ2n) is 16.6. The SMILES string of the molecule is Nc1cc(-c2cccc(COC(C(F)(F)F)C(F)(F)F)c2)n(-c2ccccc2)n1.O=C1C[C@H](C(=O)Nc2cc(-c3cccc(COC(C(F)(F)F)C(F)(F)F)c3)n(-c3ccccc3)n2)CN1.O=C1C[C@H](C(=O)O)CN1. The number of benzene rings is 4. The Morgan fingerprint density at radius 2 is 1.01 bits per heavy atom. The molecule has 2 atom stereocenters. The van der Waals surface area contributed by atoms with Crippen LogP contribution in [0, 0.1) is 11.8 Å². The summed E-state index contributed by atoms with van der Waals surface area (Å²) in [5.41, 5.74) is 9.12. The Morgan fingerprint density at radius 1 is 0.600 bits per heavy atom. The first-order valence-electron chi connectivity index (χ1n) is 22.0. The number of nitrogens with zero attached hydrogens (tertiary/aromatic N) is 4. The molecule has 8 rings (SSSR count). The Kier molecular flexibility index (Phi) is 17.7.